The first-order chi connectivity index (χ1) is 12.6. The topological polar surface area (TPSA) is 75.3 Å². The molecule has 4 nitrogen and oxygen atoms in total. The molecule has 0 spiro atoms. The van der Waals surface area contributed by atoms with E-state index in [1.807, 2.05) is 20.8 Å². The molecule has 0 radical (unpaired) electrons. The number of hydrogen-bond acceptors (Lipinski definition) is 3. The zero-order valence-corrected chi connectivity index (χ0v) is 16.6. The summed E-state index contributed by atoms with van der Waals surface area (Å²) in [4.78, 5) is 12.6. The van der Waals surface area contributed by atoms with Gasteiger partial charge in [0.25, 0.3) is 5.91 Å². The van der Waals surface area contributed by atoms with Crippen molar-refractivity contribution in [1.29, 1.82) is 0 Å². The van der Waals surface area contributed by atoms with Crippen molar-refractivity contribution in [2.45, 2.75) is 51.3 Å². The lowest BCUT2D eigenvalue weighted by Crippen LogP contribution is -2.42. The van der Waals surface area contributed by atoms with Gasteiger partial charge in [-0.15, -0.1) is 0 Å². The smallest absolute Gasteiger partial charge is 0.253 e. The SMILES string of the molecule is CC(C)(C)NC(=O)c1c(Cl)cccc1C[C@H](O)[C@H](N)Cc1ccccc1F. The summed E-state index contributed by atoms with van der Waals surface area (Å²) in [5.41, 5.74) is 7.03. The van der Waals surface area contributed by atoms with Crippen LogP contribution in [-0.4, -0.2) is 28.7 Å². The van der Waals surface area contributed by atoms with Crippen LogP contribution in [0.25, 0.3) is 0 Å². The third-order valence-corrected chi connectivity index (χ3v) is 4.47. The van der Waals surface area contributed by atoms with Gasteiger partial charge in [0.2, 0.25) is 0 Å². The van der Waals surface area contributed by atoms with E-state index in [4.69, 9.17) is 17.3 Å². The number of hydrogen-bond donors (Lipinski definition) is 3. The van der Waals surface area contributed by atoms with Gasteiger partial charge in [-0.25, -0.2) is 4.39 Å². The van der Waals surface area contributed by atoms with Crippen LogP contribution in [0.3, 0.4) is 0 Å². The molecular formula is C21H26ClFN2O2. The van der Waals surface area contributed by atoms with Gasteiger partial charge in [0.15, 0.2) is 0 Å². The van der Waals surface area contributed by atoms with Crippen molar-refractivity contribution in [3.63, 3.8) is 0 Å². The number of nitrogens with one attached hydrogen (secondary N) is 1. The molecule has 0 fully saturated rings. The summed E-state index contributed by atoms with van der Waals surface area (Å²) >= 11 is 6.24. The minimum absolute atomic E-state index is 0.142. The van der Waals surface area contributed by atoms with Crippen molar-refractivity contribution in [2.75, 3.05) is 0 Å². The summed E-state index contributed by atoms with van der Waals surface area (Å²) in [5.74, 6) is -0.661. The van der Waals surface area contributed by atoms with Crippen LogP contribution in [0.15, 0.2) is 42.5 Å². The van der Waals surface area contributed by atoms with Crippen molar-refractivity contribution in [2.24, 2.45) is 5.73 Å². The van der Waals surface area contributed by atoms with Gasteiger partial charge in [0.05, 0.1) is 16.7 Å². The molecule has 6 heteroatoms. The lowest BCUT2D eigenvalue weighted by Gasteiger charge is -2.24. The fraction of sp³-hybridized carbons (Fsp3) is 0.381. The summed E-state index contributed by atoms with van der Waals surface area (Å²) < 4.78 is 13.8. The second kappa shape index (κ2) is 8.83. The minimum Gasteiger partial charge on any atom is -0.391 e. The molecule has 0 heterocycles. The number of carbonyl (C=O) groups excluding carboxylic acids is 1. The molecule has 0 saturated heterocycles. The van der Waals surface area contributed by atoms with Crippen LogP contribution < -0.4 is 11.1 Å². The highest BCUT2D eigenvalue weighted by atomic mass is 35.5. The molecule has 0 unspecified atom stereocenters. The number of rotatable bonds is 6. The van der Waals surface area contributed by atoms with Gasteiger partial charge in [-0.1, -0.05) is 41.9 Å². The molecule has 0 aliphatic heterocycles. The molecule has 146 valence electrons. The molecule has 27 heavy (non-hydrogen) atoms. The summed E-state index contributed by atoms with van der Waals surface area (Å²) in [5, 5.41) is 13.7. The Morgan fingerprint density at radius 1 is 1.15 bits per heavy atom. The van der Waals surface area contributed by atoms with E-state index < -0.39 is 17.7 Å². The molecule has 0 aliphatic carbocycles. The highest BCUT2D eigenvalue weighted by molar-refractivity contribution is 6.34. The van der Waals surface area contributed by atoms with Crippen molar-refractivity contribution in [1.82, 2.24) is 5.32 Å². The van der Waals surface area contributed by atoms with Gasteiger partial charge in [-0.3, -0.25) is 4.79 Å². The molecule has 2 atom stereocenters. The average Bonchev–Trinajstić information content (AvgIpc) is 2.55. The van der Waals surface area contributed by atoms with Crippen LogP contribution in [0.2, 0.25) is 5.02 Å². The Morgan fingerprint density at radius 2 is 1.78 bits per heavy atom. The Bertz CT molecular complexity index is 805. The molecule has 2 aromatic carbocycles. The van der Waals surface area contributed by atoms with Crippen molar-refractivity contribution >= 4 is 17.5 Å². The molecule has 2 rings (SSSR count). The summed E-state index contributed by atoms with van der Waals surface area (Å²) in [7, 11) is 0. The van der Waals surface area contributed by atoms with E-state index in [1.165, 1.54) is 6.07 Å². The number of halogens is 2. The normalized spacial score (nSPS) is 13.9. The first kappa shape index (κ1) is 21.4. The molecule has 1 amide bonds. The van der Waals surface area contributed by atoms with Crippen LogP contribution in [0.1, 0.15) is 42.3 Å². The number of benzene rings is 2. The Morgan fingerprint density at radius 3 is 2.41 bits per heavy atom. The van der Waals surface area contributed by atoms with E-state index in [0.717, 1.165) is 0 Å². The summed E-state index contributed by atoms with van der Waals surface area (Å²) in [6.07, 6.45) is -0.620. The van der Waals surface area contributed by atoms with Crippen LogP contribution >= 0.6 is 11.6 Å². The average molecular weight is 393 g/mol. The molecule has 2 aromatic rings. The van der Waals surface area contributed by atoms with Crippen LogP contribution in [0, 0.1) is 5.82 Å². The number of amides is 1. The second-order valence-corrected chi connectivity index (χ2v) is 8.12. The molecule has 0 bridgehead atoms. The maximum atomic E-state index is 13.8. The molecule has 4 N–H and O–H groups in total. The van der Waals surface area contributed by atoms with Gasteiger partial charge >= 0.3 is 0 Å². The third-order valence-electron chi connectivity index (χ3n) is 4.15. The predicted molar refractivity (Wildman–Crippen MR) is 106 cm³/mol. The maximum absolute atomic E-state index is 13.8. The van der Waals surface area contributed by atoms with Gasteiger partial charge in [0, 0.05) is 18.0 Å². The van der Waals surface area contributed by atoms with Gasteiger partial charge < -0.3 is 16.2 Å². The molecule has 0 aromatic heterocycles. The summed E-state index contributed by atoms with van der Waals surface area (Å²) in [6.45, 7) is 5.63. The summed E-state index contributed by atoms with van der Waals surface area (Å²) in [6, 6.07) is 10.7. The Hall–Kier alpha value is -1.95. The molecule has 0 saturated carbocycles. The van der Waals surface area contributed by atoms with Gasteiger partial charge in [-0.05, 0) is 50.5 Å². The van der Waals surface area contributed by atoms with Crippen LogP contribution in [-0.2, 0) is 12.8 Å². The largest absolute Gasteiger partial charge is 0.391 e. The Balaban J connectivity index is 2.17. The van der Waals surface area contributed by atoms with Crippen LogP contribution in [0.5, 0.6) is 0 Å². The van der Waals surface area contributed by atoms with E-state index in [-0.39, 0.29) is 24.6 Å². The predicted octanol–water partition coefficient (Wildman–Crippen LogP) is 3.48. The highest BCUT2D eigenvalue weighted by Crippen LogP contribution is 2.23. The van der Waals surface area contributed by atoms with E-state index >= 15 is 0 Å². The number of aliphatic hydroxyl groups is 1. The van der Waals surface area contributed by atoms with Crippen LogP contribution in [0.4, 0.5) is 4.39 Å². The lowest BCUT2D eigenvalue weighted by molar-refractivity contribution is 0.0917. The zero-order valence-electron chi connectivity index (χ0n) is 15.8. The van der Waals surface area contributed by atoms with Crippen molar-refractivity contribution < 1.29 is 14.3 Å². The van der Waals surface area contributed by atoms with Gasteiger partial charge in [-0.2, -0.15) is 0 Å². The van der Waals surface area contributed by atoms with E-state index in [1.54, 1.807) is 36.4 Å². The van der Waals surface area contributed by atoms with E-state index in [2.05, 4.69) is 5.32 Å². The highest BCUT2D eigenvalue weighted by Gasteiger charge is 2.24. The second-order valence-electron chi connectivity index (χ2n) is 7.71. The maximum Gasteiger partial charge on any atom is 0.253 e. The number of nitrogens with two attached hydrogens (primary N) is 1. The molecule has 0 aliphatic rings. The third kappa shape index (κ3) is 6.03. The van der Waals surface area contributed by atoms with Gasteiger partial charge in [0.1, 0.15) is 5.82 Å². The Labute approximate surface area is 164 Å². The Kier molecular flexibility index (Phi) is 6.98. The lowest BCUT2D eigenvalue weighted by atomic mass is 9.94. The number of carbonyl (C=O) groups is 1. The van der Waals surface area contributed by atoms with E-state index in [0.29, 0.717) is 21.7 Å². The first-order valence-corrected chi connectivity index (χ1v) is 9.23. The van der Waals surface area contributed by atoms with E-state index in [9.17, 15) is 14.3 Å². The van der Waals surface area contributed by atoms with Crippen molar-refractivity contribution in [3.8, 4) is 0 Å². The van der Waals surface area contributed by atoms with Crippen molar-refractivity contribution in [3.05, 3.63) is 70.0 Å². The molecular weight excluding hydrogens is 367 g/mol. The quantitative estimate of drug-likeness (QED) is 0.704. The fourth-order valence-electron chi connectivity index (χ4n) is 2.83. The fourth-order valence-corrected chi connectivity index (χ4v) is 3.11. The zero-order chi connectivity index (χ0) is 20.2. The first-order valence-electron chi connectivity index (χ1n) is 8.85. The number of aliphatic hydroxyl groups excluding tert-OH is 1. The monoisotopic (exact) mass is 392 g/mol. The standard InChI is InChI=1S/C21H26ClFN2O2/c1-21(2,3)25-20(27)19-14(8-6-9-15(19)22)12-18(26)17(24)11-13-7-4-5-10-16(13)23/h4-10,17-18,26H,11-12,24H2,1-3H3,(H,25,27)/t17-,18+/m1/s1. The minimum atomic E-state index is -0.954.